The lowest BCUT2D eigenvalue weighted by Gasteiger charge is -2.07. The third-order valence-corrected chi connectivity index (χ3v) is 2.69. The van der Waals surface area contributed by atoms with Crippen LogP contribution < -0.4 is 4.74 Å². The monoisotopic (exact) mass is 288 g/mol. The van der Waals surface area contributed by atoms with Crippen molar-refractivity contribution in [2.24, 2.45) is 0 Å². The molecule has 0 radical (unpaired) electrons. The minimum absolute atomic E-state index is 0.184. The second-order valence-corrected chi connectivity index (χ2v) is 4.42. The lowest BCUT2D eigenvalue weighted by molar-refractivity contribution is 0.304. The predicted octanol–water partition coefficient (Wildman–Crippen LogP) is 4.02. The van der Waals surface area contributed by atoms with E-state index in [-0.39, 0.29) is 10.3 Å². The number of hydrogen-bond acceptors (Lipinski definition) is 3. The van der Waals surface area contributed by atoms with Gasteiger partial charge in [-0.2, -0.15) is 0 Å². The van der Waals surface area contributed by atoms with E-state index in [2.05, 4.69) is 10.2 Å². The molecule has 1 heterocycles. The summed E-state index contributed by atoms with van der Waals surface area (Å²) in [6, 6.07) is 8.84. The standard InChI is InChI=1S/C11H7Cl3N2O/c12-8-3-1-7(2-4-8)6-17-9-5-10(13)15-16-11(9)14/h1-5H,6H2. The Morgan fingerprint density at radius 3 is 2.41 bits per heavy atom. The van der Waals surface area contributed by atoms with Crippen LogP contribution in [0.5, 0.6) is 5.75 Å². The number of rotatable bonds is 3. The molecule has 0 N–H and O–H groups in total. The van der Waals surface area contributed by atoms with Gasteiger partial charge in [-0.1, -0.05) is 46.9 Å². The summed E-state index contributed by atoms with van der Waals surface area (Å²) in [5, 5.41) is 8.34. The molecule has 0 aliphatic heterocycles. The molecule has 1 aromatic carbocycles. The Bertz CT molecular complexity index is 517. The van der Waals surface area contributed by atoms with Crippen LogP contribution in [0.4, 0.5) is 0 Å². The Hall–Kier alpha value is -1.03. The van der Waals surface area contributed by atoms with Crippen molar-refractivity contribution in [1.82, 2.24) is 10.2 Å². The van der Waals surface area contributed by atoms with E-state index in [0.717, 1.165) is 5.56 Å². The summed E-state index contributed by atoms with van der Waals surface area (Å²) in [5.74, 6) is 0.404. The van der Waals surface area contributed by atoms with Gasteiger partial charge in [0.2, 0.25) is 0 Å². The van der Waals surface area contributed by atoms with Crippen LogP contribution in [0.1, 0.15) is 5.56 Å². The Morgan fingerprint density at radius 1 is 1.00 bits per heavy atom. The maximum Gasteiger partial charge on any atom is 0.193 e. The first-order chi connectivity index (χ1) is 8.15. The maximum absolute atomic E-state index is 5.81. The number of aromatic nitrogens is 2. The van der Waals surface area contributed by atoms with Gasteiger partial charge in [0.25, 0.3) is 0 Å². The summed E-state index contributed by atoms with van der Waals surface area (Å²) in [5.41, 5.74) is 0.971. The lowest BCUT2D eigenvalue weighted by atomic mass is 10.2. The largest absolute Gasteiger partial charge is 0.485 e. The van der Waals surface area contributed by atoms with E-state index in [0.29, 0.717) is 17.4 Å². The highest BCUT2D eigenvalue weighted by Crippen LogP contribution is 2.24. The predicted molar refractivity (Wildman–Crippen MR) is 67.8 cm³/mol. The van der Waals surface area contributed by atoms with E-state index >= 15 is 0 Å². The molecule has 0 saturated heterocycles. The number of ether oxygens (including phenoxy) is 1. The molecule has 0 fully saturated rings. The molecule has 1 aromatic heterocycles. The number of benzene rings is 1. The molecular weight excluding hydrogens is 282 g/mol. The summed E-state index contributed by atoms with van der Waals surface area (Å²) < 4.78 is 5.48. The zero-order valence-electron chi connectivity index (χ0n) is 8.53. The Kier molecular flexibility index (Phi) is 4.05. The van der Waals surface area contributed by atoms with Crippen molar-refractivity contribution in [3.8, 4) is 5.75 Å². The van der Waals surface area contributed by atoms with Crippen molar-refractivity contribution in [2.75, 3.05) is 0 Å². The van der Waals surface area contributed by atoms with Crippen LogP contribution in [0.15, 0.2) is 30.3 Å². The summed E-state index contributed by atoms with van der Waals surface area (Å²) in [6.45, 7) is 0.360. The molecule has 0 bridgehead atoms. The molecule has 0 saturated carbocycles. The minimum atomic E-state index is 0.184. The highest BCUT2D eigenvalue weighted by atomic mass is 35.5. The first kappa shape index (κ1) is 12.4. The third kappa shape index (κ3) is 3.46. The SMILES string of the molecule is Clc1ccc(COc2cc(Cl)nnc2Cl)cc1. The summed E-state index contributed by atoms with van der Waals surface area (Å²) in [4.78, 5) is 0. The van der Waals surface area contributed by atoms with Gasteiger partial charge in [-0.3, -0.25) is 0 Å². The Balaban J connectivity index is 2.07. The van der Waals surface area contributed by atoms with Crippen LogP contribution in [0, 0.1) is 0 Å². The van der Waals surface area contributed by atoms with Crippen molar-refractivity contribution in [3.63, 3.8) is 0 Å². The fourth-order valence-corrected chi connectivity index (χ4v) is 1.59. The van der Waals surface area contributed by atoms with Gasteiger partial charge in [0.05, 0.1) is 0 Å². The van der Waals surface area contributed by atoms with Crippen LogP contribution >= 0.6 is 34.8 Å². The van der Waals surface area contributed by atoms with E-state index in [9.17, 15) is 0 Å². The normalized spacial score (nSPS) is 10.3. The van der Waals surface area contributed by atoms with E-state index in [1.807, 2.05) is 12.1 Å². The van der Waals surface area contributed by atoms with Crippen molar-refractivity contribution >= 4 is 34.8 Å². The van der Waals surface area contributed by atoms with Crippen LogP contribution in [0.2, 0.25) is 15.3 Å². The second-order valence-electron chi connectivity index (χ2n) is 3.24. The summed E-state index contributed by atoms with van der Waals surface area (Å²) in [6.07, 6.45) is 0. The van der Waals surface area contributed by atoms with Crippen LogP contribution in [0.25, 0.3) is 0 Å². The van der Waals surface area contributed by atoms with Gasteiger partial charge >= 0.3 is 0 Å². The molecule has 3 nitrogen and oxygen atoms in total. The smallest absolute Gasteiger partial charge is 0.193 e. The van der Waals surface area contributed by atoms with Gasteiger partial charge < -0.3 is 4.74 Å². The van der Waals surface area contributed by atoms with E-state index < -0.39 is 0 Å². The van der Waals surface area contributed by atoms with E-state index in [1.54, 1.807) is 12.1 Å². The first-order valence-corrected chi connectivity index (χ1v) is 5.84. The maximum atomic E-state index is 5.81. The van der Waals surface area contributed by atoms with Crippen molar-refractivity contribution in [1.29, 1.82) is 0 Å². The van der Waals surface area contributed by atoms with E-state index in [1.165, 1.54) is 6.07 Å². The summed E-state index contributed by atoms with van der Waals surface area (Å²) in [7, 11) is 0. The molecule has 0 aliphatic rings. The molecule has 0 unspecified atom stereocenters. The van der Waals surface area contributed by atoms with Crippen molar-refractivity contribution in [2.45, 2.75) is 6.61 Å². The van der Waals surface area contributed by atoms with Gasteiger partial charge in [0.1, 0.15) is 6.61 Å². The topological polar surface area (TPSA) is 35.0 Å². The Morgan fingerprint density at radius 2 is 1.71 bits per heavy atom. The van der Waals surface area contributed by atoms with E-state index in [4.69, 9.17) is 39.5 Å². The second kappa shape index (κ2) is 5.54. The zero-order chi connectivity index (χ0) is 12.3. The fourth-order valence-electron chi connectivity index (χ4n) is 1.18. The highest BCUT2D eigenvalue weighted by Gasteiger charge is 2.05. The van der Waals surface area contributed by atoms with Gasteiger partial charge in [0, 0.05) is 11.1 Å². The molecule has 2 aromatic rings. The minimum Gasteiger partial charge on any atom is -0.485 e. The van der Waals surface area contributed by atoms with Gasteiger partial charge in [0.15, 0.2) is 16.1 Å². The molecule has 17 heavy (non-hydrogen) atoms. The molecule has 0 spiro atoms. The number of halogens is 3. The first-order valence-electron chi connectivity index (χ1n) is 4.71. The van der Waals surface area contributed by atoms with Crippen LogP contribution in [-0.2, 0) is 6.61 Å². The molecular formula is C11H7Cl3N2O. The third-order valence-electron chi connectivity index (χ3n) is 1.99. The van der Waals surface area contributed by atoms with Gasteiger partial charge in [-0.25, -0.2) is 0 Å². The van der Waals surface area contributed by atoms with Crippen molar-refractivity contribution in [3.05, 3.63) is 51.2 Å². The molecule has 0 atom stereocenters. The quantitative estimate of drug-likeness (QED) is 0.856. The average Bonchev–Trinajstić information content (AvgIpc) is 2.32. The Labute approximate surface area is 113 Å². The van der Waals surface area contributed by atoms with Crippen LogP contribution in [0.3, 0.4) is 0 Å². The van der Waals surface area contributed by atoms with Gasteiger partial charge in [-0.05, 0) is 17.7 Å². The molecule has 88 valence electrons. The molecule has 2 rings (SSSR count). The number of hydrogen-bond donors (Lipinski definition) is 0. The molecule has 0 amide bonds. The van der Waals surface area contributed by atoms with Gasteiger partial charge in [-0.15, -0.1) is 10.2 Å². The van der Waals surface area contributed by atoms with Crippen LogP contribution in [-0.4, -0.2) is 10.2 Å². The zero-order valence-corrected chi connectivity index (χ0v) is 10.8. The molecule has 6 heteroatoms. The average molecular weight is 290 g/mol. The lowest BCUT2D eigenvalue weighted by Crippen LogP contribution is -1.97. The molecule has 0 aliphatic carbocycles. The highest BCUT2D eigenvalue weighted by molar-refractivity contribution is 6.32. The summed E-state index contributed by atoms with van der Waals surface area (Å²) >= 11 is 17.3. The number of nitrogens with zero attached hydrogens (tertiary/aromatic N) is 2. The fraction of sp³-hybridized carbons (Fsp3) is 0.0909. The van der Waals surface area contributed by atoms with Crippen molar-refractivity contribution < 1.29 is 4.74 Å².